The maximum atomic E-state index is 11.2. The van der Waals surface area contributed by atoms with Crippen molar-refractivity contribution in [2.24, 2.45) is 0 Å². The van der Waals surface area contributed by atoms with E-state index in [1.807, 2.05) is 0 Å². The minimum absolute atomic E-state index is 0.195. The number of carbonyl (C=O) groups is 2. The average Bonchev–Trinajstić information content (AvgIpc) is 2.53. The minimum atomic E-state index is -1.26. The van der Waals surface area contributed by atoms with Crippen LogP contribution in [0.5, 0.6) is 0 Å². The van der Waals surface area contributed by atoms with Crippen LogP contribution >= 0.6 is 0 Å². The van der Waals surface area contributed by atoms with Crippen LogP contribution in [0.1, 0.15) is 13.3 Å². The maximum absolute atomic E-state index is 11.2. The summed E-state index contributed by atoms with van der Waals surface area (Å²) in [5.74, 6) is -1.73. The zero-order chi connectivity index (χ0) is 10.8. The Morgan fingerprint density at radius 3 is 2.57 bits per heavy atom. The standard InChI is InChI=1S/C8H14N2O4/c1-5(11)6(12)10-8(7(13)14)2-3-9-4-8/h5,9,11H,2-4H2,1H3,(H,10,12)(H,13,14). The quantitative estimate of drug-likeness (QED) is 0.437. The lowest BCUT2D eigenvalue weighted by Crippen LogP contribution is -2.57. The van der Waals surface area contributed by atoms with Gasteiger partial charge in [-0.1, -0.05) is 0 Å². The molecule has 2 atom stereocenters. The summed E-state index contributed by atoms with van der Waals surface area (Å²) >= 11 is 0. The largest absolute Gasteiger partial charge is 0.479 e. The van der Waals surface area contributed by atoms with Gasteiger partial charge in [0.1, 0.15) is 6.10 Å². The monoisotopic (exact) mass is 202 g/mol. The minimum Gasteiger partial charge on any atom is -0.479 e. The third kappa shape index (κ3) is 2.02. The molecule has 0 aromatic rings. The number of carboxylic acid groups (broad SMARTS) is 1. The van der Waals surface area contributed by atoms with E-state index < -0.39 is 23.5 Å². The molecule has 2 unspecified atom stereocenters. The SMILES string of the molecule is CC(O)C(=O)NC1(C(=O)O)CCNC1. The Hall–Kier alpha value is -1.14. The number of amides is 1. The lowest BCUT2D eigenvalue weighted by molar-refractivity contribution is -0.148. The second-order valence-electron chi connectivity index (χ2n) is 3.48. The first kappa shape index (κ1) is 10.9. The average molecular weight is 202 g/mol. The van der Waals surface area contributed by atoms with Gasteiger partial charge in [0, 0.05) is 6.54 Å². The Kier molecular flexibility index (Phi) is 3.07. The van der Waals surface area contributed by atoms with E-state index in [9.17, 15) is 9.59 Å². The van der Waals surface area contributed by atoms with Crippen LogP contribution in [-0.2, 0) is 9.59 Å². The molecular weight excluding hydrogens is 188 g/mol. The number of carboxylic acids is 1. The molecule has 1 rings (SSSR count). The van der Waals surface area contributed by atoms with Crippen LogP contribution < -0.4 is 10.6 Å². The topological polar surface area (TPSA) is 98.7 Å². The summed E-state index contributed by atoms with van der Waals surface area (Å²) in [6.45, 7) is 2.04. The van der Waals surface area contributed by atoms with E-state index >= 15 is 0 Å². The van der Waals surface area contributed by atoms with Crippen molar-refractivity contribution >= 4 is 11.9 Å². The first-order valence-corrected chi connectivity index (χ1v) is 4.42. The maximum Gasteiger partial charge on any atom is 0.330 e. The van der Waals surface area contributed by atoms with Gasteiger partial charge in [0.2, 0.25) is 5.91 Å². The molecular formula is C8H14N2O4. The molecule has 0 bridgehead atoms. The second-order valence-corrected chi connectivity index (χ2v) is 3.48. The van der Waals surface area contributed by atoms with Crippen molar-refractivity contribution in [2.75, 3.05) is 13.1 Å². The van der Waals surface area contributed by atoms with Gasteiger partial charge in [-0.3, -0.25) is 4.79 Å². The fourth-order valence-corrected chi connectivity index (χ4v) is 1.37. The number of aliphatic carboxylic acids is 1. The van der Waals surface area contributed by atoms with Gasteiger partial charge in [-0.15, -0.1) is 0 Å². The van der Waals surface area contributed by atoms with Crippen LogP contribution in [0.15, 0.2) is 0 Å². The highest BCUT2D eigenvalue weighted by molar-refractivity contribution is 5.89. The van der Waals surface area contributed by atoms with Crippen molar-refractivity contribution in [1.29, 1.82) is 0 Å². The highest BCUT2D eigenvalue weighted by atomic mass is 16.4. The summed E-state index contributed by atoms with van der Waals surface area (Å²) in [5.41, 5.74) is -1.26. The van der Waals surface area contributed by atoms with Crippen LogP contribution in [0.3, 0.4) is 0 Å². The predicted molar refractivity (Wildman–Crippen MR) is 47.7 cm³/mol. The van der Waals surface area contributed by atoms with Crippen LogP contribution in [-0.4, -0.2) is 46.8 Å². The fraction of sp³-hybridized carbons (Fsp3) is 0.750. The van der Waals surface area contributed by atoms with Crippen LogP contribution in [0.2, 0.25) is 0 Å². The van der Waals surface area contributed by atoms with Crippen molar-refractivity contribution < 1.29 is 19.8 Å². The van der Waals surface area contributed by atoms with Crippen LogP contribution in [0.25, 0.3) is 0 Å². The lowest BCUT2D eigenvalue weighted by Gasteiger charge is -2.25. The summed E-state index contributed by atoms with van der Waals surface area (Å²) in [6.07, 6.45) is -0.854. The van der Waals surface area contributed by atoms with Gasteiger partial charge >= 0.3 is 5.97 Å². The number of hydrogen-bond acceptors (Lipinski definition) is 4. The molecule has 0 radical (unpaired) electrons. The highest BCUT2D eigenvalue weighted by Crippen LogP contribution is 2.14. The van der Waals surface area contributed by atoms with E-state index in [0.29, 0.717) is 13.0 Å². The molecule has 0 spiro atoms. The zero-order valence-electron chi connectivity index (χ0n) is 7.91. The second kappa shape index (κ2) is 3.93. The number of rotatable bonds is 3. The Labute approximate surface area is 81.3 Å². The molecule has 6 heteroatoms. The van der Waals surface area contributed by atoms with E-state index in [2.05, 4.69) is 10.6 Å². The van der Waals surface area contributed by atoms with E-state index in [4.69, 9.17) is 10.2 Å². The molecule has 14 heavy (non-hydrogen) atoms. The molecule has 0 aromatic carbocycles. The molecule has 80 valence electrons. The summed E-state index contributed by atoms with van der Waals surface area (Å²) in [6, 6.07) is 0. The molecule has 4 N–H and O–H groups in total. The molecule has 0 aliphatic carbocycles. The van der Waals surface area contributed by atoms with Gasteiger partial charge in [-0.2, -0.15) is 0 Å². The molecule has 1 saturated heterocycles. The fourth-order valence-electron chi connectivity index (χ4n) is 1.37. The van der Waals surface area contributed by atoms with Gasteiger partial charge in [0.15, 0.2) is 5.54 Å². The van der Waals surface area contributed by atoms with E-state index in [1.54, 1.807) is 0 Å². The van der Waals surface area contributed by atoms with Crippen LogP contribution in [0.4, 0.5) is 0 Å². The normalized spacial score (nSPS) is 28.4. The molecule has 1 heterocycles. The molecule has 1 aliphatic rings. The zero-order valence-corrected chi connectivity index (χ0v) is 7.91. The third-order valence-corrected chi connectivity index (χ3v) is 2.31. The summed E-state index contributed by atoms with van der Waals surface area (Å²) < 4.78 is 0. The van der Waals surface area contributed by atoms with E-state index in [-0.39, 0.29) is 6.54 Å². The summed E-state index contributed by atoms with van der Waals surface area (Å²) in [7, 11) is 0. The number of nitrogens with one attached hydrogen (secondary N) is 2. The Morgan fingerprint density at radius 1 is 1.57 bits per heavy atom. The highest BCUT2D eigenvalue weighted by Gasteiger charge is 2.43. The third-order valence-electron chi connectivity index (χ3n) is 2.31. The number of carbonyl (C=O) groups excluding carboxylic acids is 1. The van der Waals surface area contributed by atoms with Gasteiger partial charge < -0.3 is 20.8 Å². The van der Waals surface area contributed by atoms with Crippen LogP contribution in [0, 0.1) is 0 Å². The molecule has 1 amide bonds. The summed E-state index contributed by atoms with van der Waals surface area (Å²) in [5, 5.41) is 23.1. The smallest absolute Gasteiger partial charge is 0.330 e. The first-order chi connectivity index (χ1) is 6.48. The Bertz CT molecular complexity index is 246. The van der Waals surface area contributed by atoms with Crippen molar-refractivity contribution in [3.63, 3.8) is 0 Å². The lowest BCUT2D eigenvalue weighted by atomic mass is 9.98. The van der Waals surface area contributed by atoms with E-state index in [1.165, 1.54) is 6.92 Å². The van der Waals surface area contributed by atoms with Crippen molar-refractivity contribution in [1.82, 2.24) is 10.6 Å². The van der Waals surface area contributed by atoms with Crippen molar-refractivity contribution in [3.05, 3.63) is 0 Å². The van der Waals surface area contributed by atoms with Crippen molar-refractivity contribution in [2.45, 2.75) is 25.0 Å². The van der Waals surface area contributed by atoms with Gasteiger partial charge in [-0.25, -0.2) is 4.79 Å². The van der Waals surface area contributed by atoms with Gasteiger partial charge in [0.05, 0.1) is 0 Å². The molecule has 1 aliphatic heterocycles. The first-order valence-electron chi connectivity index (χ1n) is 4.42. The molecule has 0 saturated carbocycles. The van der Waals surface area contributed by atoms with Crippen molar-refractivity contribution in [3.8, 4) is 0 Å². The Morgan fingerprint density at radius 2 is 2.21 bits per heavy atom. The van der Waals surface area contributed by atoms with Gasteiger partial charge in [0.25, 0.3) is 0 Å². The molecule has 0 aromatic heterocycles. The van der Waals surface area contributed by atoms with Gasteiger partial charge in [-0.05, 0) is 19.9 Å². The summed E-state index contributed by atoms with van der Waals surface area (Å²) in [4.78, 5) is 22.1. The number of hydrogen-bond donors (Lipinski definition) is 4. The number of aliphatic hydroxyl groups is 1. The number of aliphatic hydroxyl groups excluding tert-OH is 1. The molecule has 1 fully saturated rings. The predicted octanol–water partition coefficient (Wildman–Crippen LogP) is -1.70. The Balaban J connectivity index is 2.70. The van der Waals surface area contributed by atoms with E-state index in [0.717, 1.165) is 0 Å². The molecule has 6 nitrogen and oxygen atoms in total.